The molecule has 0 saturated carbocycles. The third-order valence-corrected chi connectivity index (χ3v) is 3.09. The Morgan fingerprint density at radius 2 is 1.73 bits per heavy atom. The van der Waals surface area contributed by atoms with Crippen molar-refractivity contribution in [3.63, 3.8) is 0 Å². The summed E-state index contributed by atoms with van der Waals surface area (Å²) in [5.41, 5.74) is 7.78. The predicted octanol–water partition coefficient (Wildman–Crippen LogP) is 2.19. The van der Waals surface area contributed by atoms with Gasteiger partial charge < -0.3 is 11.1 Å². The molecule has 3 aromatic rings. The molecular weight excluding hydrogens is 276 g/mol. The second-order valence-corrected chi connectivity index (χ2v) is 4.65. The van der Waals surface area contributed by atoms with E-state index >= 15 is 0 Å². The molecule has 0 fully saturated rings. The molecule has 1 heterocycles. The van der Waals surface area contributed by atoms with Gasteiger partial charge in [0.15, 0.2) is 11.8 Å². The fourth-order valence-corrected chi connectivity index (χ4v) is 2.04. The minimum atomic E-state index is 0.341. The van der Waals surface area contributed by atoms with Crippen molar-refractivity contribution in [1.29, 1.82) is 0 Å². The van der Waals surface area contributed by atoms with Gasteiger partial charge >= 0.3 is 0 Å². The zero-order valence-corrected chi connectivity index (χ0v) is 11.9. The van der Waals surface area contributed by atoms with E-state index < -0.39 is 0 Å². The molecule has 2 aromatic carbocycles. The summed E-state index contributed by atoms with van der Waals surface area (Å²) < 4.78 is 1.89. The Labute approximate surface area is 128 Å². The van der Waals surface area contributed by atoms with E-state index in [4.69, 9.17) is 5.73 Å². The number of nitrogens with two attached hydrogens (primary N) is 1. The molecule has 0 aliphatic rings. The Kier molecular flexibility index (Phi) is 4.10. The Morgan fingerprint density at radius 3 is 2.45 bits per heavy atom. The molecule has 6 nitrogen and oxygen atoms in total. The van der Waals surface area contributed by atoms with E-state index in [1.54, 1.807) is 6.33 Å². The van der Waals surface area contributed by atoms with Gasteiger partial charge in [0.2, 0.25) is 0 Å². The van der Waals surface area contributed by atoms with Crippen LogP contribution in [0.15, 0.2) is 72.0 Å². The first-order chi connectivity index (χ1) is 10.8. The molecule has 0 amide bonds. The number of nitrogens with one attached hydrogen (secondary N) is 1. The highest BCUT2D eigenvalue weighted by atomic mass is 15.3. The van der Waals surface area contributed by atoms with Crippen molar-refractivity contribution in [3.8, 4) is 5.69 Å². The van der Waals surface area contributed by atoms with Crippen molar-refractivity contribution in [2.75, 3.05) is 5.32 Å². The van der Waals surface area contributed by atoms with E-state index in [9.17, 15) is 0 Å². The fraction of sp³-hybridized carbons (Fsp3) is 0.0625. The largest absolute Gasteiger partial charge is 0.370 e. The first kappa shape index (κ1) is 13.8. The van der Waals surface area contributed by atoms with Crippen molar-refractivity contribution >= 4 is 11.6 Å². The zero-order chi connectivity index (χ0) is 15.2. The lowest BCUT2D eigenvalue weighted by Crippen LogP contribution is -2.22. The lowest BCUT2D eigenvalue weighted by molar-refractivity contribution is 0.859. The van der Waals surface area contributed by atoms with Crippen LogP contribution < -0.4 is 11.1 Å². The Morgan fingerprint density at radius 1 is 1.05 bits per heavy atom. The van der Waals surface area contributed by atoms with Crippen LogP contribution in [0.1, 0.15) is 5.82 Å². The quantitative estimate of drug-likeness (QED) is 0.570. The summed E-state index contributed by atoms with van der Waals surface area (Å²) in [5, 5.41) is 11.1. The van der Waals surface area contributed by atoms with Crippen molar-refractivity contribution < 1.29 is 0 Å². The number of nitrogens with zero attached hydrogens (tertiary/aromatic N) is 4. The molecular formula is C16H16N6. The van der Waals surface area contributed by atoms with Crippen LogP contribution in [0.2, 0.25) is 0 Å². The van der Waals surface area contributed by atoms with Gasteiger partial charge in [-0.3, -0.25) is 4.57 Å². The van der Waals surface area contributed by atoms with Gasteiger partial charge in [0.25, 0.3) is 0 Å². The lowest BCUT2D eigenvalue weighted by atomic mass is 10.3. The number of aliphatic imine (C=N–C) groups is 1. The molecule has 3 rings (SSSR count). The van der Waals surface area contributed by atoms with Gasteiger partial charge in [-0.25, -0.2) is 4.99 Å². The van der Waals surface area contributed by atoms with Crippen LogP contribution in [0.5, 0.6) is 0 Å². The number of rotatable bonds is 4. The van der Waals surface area contributed by atoms with Crippen molar-refractivity contribution in [3.05, 3.63) is 72.8 Å². The number of para-hydroxylation sites is 2. The van der Waals surface area contributed by atoms with Gasteiger partial charge in [-0.15, -0.1) is 10.2 Å². The highest BCUT2D eigenvalue weighted by Gasteiger charge is 2.05. The average Bonchev–Trinajstić information content (AvgIpc) is 3.03. The van der Waals surface area contributed by atoms with E-state index in [0.717, 1.165) is 17.2 Å². The predicted molar refractivity (Wildman–Crippen MR) is 86.8 cm³/mol. The van der Waals surface area contributed by atoms with E-state index in [-0.39, 0.29) is 0 Å². The van der Waals surface area contributed by atoms with Gasteiger partial charge in [0.1, 0.15) is 12.9 Å². The number of aromatic nitrogens is 3. The van der Waals surface area contributed by atoms with Crippen molar-refractivity contribution in [2.24, 2.45) is 10.7 Å². The van der Waals surface area contributed by atoms with Crippen LogP contribution in [0, 0.1) is 0 Å². The molecule has 0 spiro atoms. The molecule has 1 aromatic heterocycles. The molecule has 0 aliphatic heterocycles. The molecule has 0 bridgehead atoms. The molecule has 0 atom stereocenters. The van der Waals surface area contributed by atoms with Gasteiger partial charge in [-0.05, 0) is 24.3 Å². The number of hydrogen-bond acceptors (Lipinski definition) is 3. The molecule has 6 heteroatoms. The van der Waals surface area contributed by atoms with Crippen LogP contribution in [0.25, 0.3) is 5.69 Å². The van der Waals surface area contributed by atoms with E-state index in [0.29, 0.717) is 12.5 Å². The van der Waals surface area contributed by atoms with Gasteiger partial charge in [0, 0.05) is 11.4 Å². The van der Waals surface area contributed by atoms with Gasteiger partial charge in [-0.1, -0.05) is 36.4 Å². The van der Waals surface area contributed by atoms with E-state index in [2.05, 4.69) is 20.5 Å². The minimum Gasteiger partial charge on any atom is -0.370 e. The second-order valence-electron chi connectivity index (χ2n) is 4.65. The fourth-order valence-electron chi connectivity index (χ4n) is 2.04. The highest BCUT2D eigenvalue weighted by Crippen LogP contribution is 2.10. The summed E-state index contributed by atoms with van der Waals surface area (Å²) in [4.78, 5) is 4.31. The lowest BCUT2D eigenvalue weighted by Gasteiger charge is -2.06. The topological polar surface area (TPSA) is 81.1 Å². The van der Waals surface area contributed by atoms with Crippen LogP contribution >= 0.6 is 0 Å². The Hall–Kier alpha value is -3.15. The third kappa shape index (κ3) is 3.29. The second kappa shape index (κ2) is 6.53. The smallest absolute Gasteiger partial charge is 0.193 e. The van der Waals surface area contributed by atoms with E-state index in [1.165, 1.54) is 0 Å². The molecule has 3 N–H and O–H groups in total. The third-order valence-electron chi connectivity index (χ3n) is 3.09. The highest BCUT2D eigenvalue weighted by molar-refractivity contribution is 5.92. The summed E-state index contributed by atoms with van der Waals surface area (Å²) in [6.07, 6.45) is 1.67. The van der Waals surface area contributed by atoms with Crippen molar-refractivity contribution in [2.45, 2.75) is 6.54 Å². The molecule has 0 aliphatic carbocycles. The maximum Gasteiger partial charge on any atom is 0.193 e. The summed E-state index contributed by atoms with van der Waals surface area (Å²) in [7, 11) is 0. The minimum absolute atomic E-state index is 0.341. The Bertz CT molecular complexity index is 749. The molecule has 0 radical (unpaired) electrons. The molecule has 0 saturated heterocycles. The SMILES string of the molecule is NC(=NCc1nncn1-c1ccccc1)Nc1ccccc1. The maximum atomic E-state index is 5.89. The number of guanidine groups is 1. The normalized spacial score (nSPS) is 11.4. The maximum absolute atomic E-state index is 5.89. The van der Waals surface area contributed by atoms with Crippen LogP contribution in [0.3, 0.4) is 0 Å². The van der Waals surface area contributed by atoms with Gasteiger partial charge in [0.05, 0.1) is 0 Å². The molecule has 110 valence electrons. The summed E-state index contributed by atoms with van der Waals surface area (Å²) >= 11 is 0. The summed E-state index contributed by atoms with van der Waals surface area (Å²) in [6, 6.07) is 19.5. The van der Waals surface area contributed by atoms with Crippen molar-refractivity contribution in [1.82, 2.24) is 14.8 Å². The molecule has 22 heavy (non-hydrogen) atoms. The monoisotopic (exact) mass is 292 g/mol. The number of hydrogen-bond donors (Lipinski definition) is 2. The number of anilines is 1. The number of benzene rings is 2. The standard InChI is InChI=1S/C16H16N6/c17-16(20-13-7-3-1-4-8-13)18-11-15-21-19-12-22(15)14-9-5-2-6-10-14/h1-10,12H,11H2,(H3,17,18,20). The van der Waals surface area contributed by atoms with Crippen LogP contribution in [0.4, 0.5) is 5.69 Å². The summed E-state index contributed by atoms with van der Waals surface area (Å²) in [6.45, 7) is 0.348. The van der Waals surface area contributed by atoms with Gasteiger partial charge in [-0.2, -0.15) is 0 Å². The average molecular weight is 292 g/mol. The molecule has 0 unspecified atom stereocenters. The summed E-state index contributed by atoms with van der Waals surface area (Å²) in [5.74, 6) is 1.07. The van der Waals surface area contributed by atoms with E-state index in [1.807, 2.05) is 65.2 Å². The zero-order valence-electron chi connectivity index (χ0n) is 11.9. The Balaban J connectivity index is 1.72. The first-order valence-corrected chi connectivity index (χ1v) is 6.89. The van der Waals surface area contributed by atoms with Crippen LogP contribution in [-0.2, 0) is 6.54 Å². The van der Waals surface area contributed by atoms with Crippen LogP contribution in [-0.4, -0.2) is 20.7 Å². The first-order valence-electron chi connectivity index (χ1n) is 6.89.